The van der Waals surface area contributed by atoms with Gasteiger partial charge in [-0.2, -0.15) is 20.7 Å². The minimum Gasteiger partial charge on any atom is -0.382 e. The summed E-state index contributed by atoms with van der Waals surface area (Å²) >= 11 is 0. The maximum atomic E-state index is 12.1. The third-order valence-electron chi connectivity index (χ3n) is 3.22. The number of nitriles is 1. The zero-order chi connectivity index (χ0) is 17.2. The Morgan fingerprint density at radius 1 is 1.38 bits per heavy atom. The van der Waals surface area contributed by atoms with Crippen LogP contribution in [0.5, 0.6) is 0 Å². The highest BCUT2D eigenvalue weighted by atomic mass is 16.5. The molecule has 1 aromatic carbocycles. The number of nitrogens with zero attached hydrogens (tertiary/aromatic N) is 3. The van der Waals surface area contributed by atoms with Gasteiger partial charge in [-0.3, -0.25) is 4.79 Å². The Hall–Kier alpha value is -2.98. The lowest BCUT2D eigenvalue weighted by Crippen LogP contribution is -2.26. The predicted molar refractivity (Wildman–Crippen MR) is 89.5 cm³/mol. The number of aromatic nitrogens is 3. The van der Waals surface area contributed by atoms with Crippen LogP contribution in [0, 0.1) is 11.3 Å². The number of amides is 1. The second-order valence-electron chi connectivity index (χ2n) is 4.90. The second-order valence-corrected chi connectivity index (χ2v) is 4.90. The fraction of sp³-hybridized carbons (Fsp3) is 0.294. The van der Waals surface area contributed by atoms with Crippen molar-refractivity contribution < 1.29 is 9.53 Å². The van der Waals surface area contributed by atoms with Crippen LogP contribution < -0.4 is 5.32 Å². The minimum absolute atomic E-state index is 0.0162. The van der Waals surface area contributed by atoms with E-state index >= 15 is 0 Å². The molecule has 2 N–H and O–H groups in total. The number of carbonyl (C=O) groups is 1. The number of aromatic amines is 1. The third-order valence-corrected chi connectivity index (χ3v) is 3.22. The molecular weight excluding hydrogens is 306 g/mol. The van der Waals surface area contributed by atoms with E-state index < -0.39 is 5.91 Å². The van der Waals surface area contributed by atoms with Gasteiger partial charge in [0.1, 0.15) is 23.0 Å². The summed E-state index contributed by atoms with van der Waals surface area (Å²) in [5.41, 5.74) is 1.87. The Morgan fingerprint density at radius 2 is 2.17 bits per heavy atom. The van der Waals surface area contributed by atoms with Crippen LogP contribution in [0.2, 0.25) is 0 Å². The molecule has 0 aliphatic heterocycles. The molecule has 2 rings (SSSR count). The summed E-state index contributed by atoms with van der Waals surface area (Å²) in [5, 5.41) is 22.6. The first-order valence-electron chi connectivity index (χ1n) is 7.70. The third kappa shape index (κ3) is 4.76. The highest BCUT2D eigenvalue weighted by molar-refractivity contribution is 6.02. The van der Waals surface area contributed by atoms with Crippen LogP contribution in [0.25, 0.3) is 17.3 Å². The predicted octanol–water partition coefficient (Wildman–Crippen LogP) is 1.92. The molecule has 0 saturated carbocycles. The Kier molecular flexibility index (Phi) is 6.68. The van der Waals surface area contributed by atoms with E-state index in [0.717, 1.165) is 5.56 Å². The lowest BCUT2D eigenvalue weighted by molar-refractivity contribution is -0.117. The van der Waals surface area contributed by atoms with Gasteiger partial charge in [-0.15, -0.1) is 0 Å². The number of rotatable bonds is 8. The summed E-state index contributed by atoms with van der Waals surface area (Å²) in [6.45, 7) is 3.58. The van der Waals surface area contributed by atoms with E-state index in [4.69, 9.17) is 4.74 Å². The Labute approximate surface area is 140 Å². The van der Waals surface area contributed by atoms with Crippen molar-refractivity contribution in [3.05, 3.63) is 41.6 Å². The molecule has 0 fully saturated rings. The van der Waals surface area contributed by atoms with Gasteiger partial charge >= 0.3 is 0 Å². The summed E-state index contributed by atoms with van der Waals surface area (Å²) in [6.07, 6.45) is 2.13. The molecule has 0 atom stereocenters. The summed E-state index contributed by atoms with van der Waals surface area (Å²) in [6, 6.07) is 11.3. The van der Waals surface area contributed by atoms with Crippen LogP contribution in [0.15, 0.2) is 35.9 Å². The standard InChI is InChI=1S/C17H19N5O2/c1-2-24-10-6-9-19-17(23)14(12-18)11-15-16(21-22-20-15)13-7-4-3-5-8-13/h3-5,7-8,11H,2,6,9-10H2,1H3,(H,19,23)(H,20,21,22)/b14-11-. The fourth-order valence-electron chi connectivity index (χ4n) is 2.05. The van der Waals surface area contributed by atoms with E-state index in [2.05, 4.69) is 20.7 Å². The van der Waals surface area contributed by atoms with Crippen LogP contribution in [-0.2, 0) is 9.53 Å². The molecule has 0 unspecified atom stereocenters. The zero-order valence-corrected chi connectivity index (χ0v) is 13.5. The van der Waals surface area contributed by atoms with E-state index in [9.17, 15) is 10.1 Å². The van der Waals surface area contributed by atoms with E-state index in [1.54, 1.807) is 0 Å². The van der Waals surface area contributed by atoms with Gasteiger partial charge < -0.3 is 10.1 Å². The van der Waals surface area contributed by atoms with Crippen LogP contribution in [0.1, 0.15) is 19.0 Å². The van der Waals surface area contributed by atoms with Crippen molar-refractivity contribution in [2.24, 2.45) is 0 Å². The van der Waals surface area contributed by atoms with E-state index in [0.29, 0.717) is 37.6 Å². The number of ether oxygens (including phenoxy) is 1. The number of carbonyl (C=O) groups excluding carboxylic acids is 1. The quantitative estimate of drug-likeness (QED) is 0.438. The summed E-state index contributed by atoms with van der Waals surface area (Å²) in [4.78, 5) is 12.1. The number of benzene rings is 1. The molecule has 2 aromatic rings. The fourth-order valence-corrected chi connectivity index (χ4v) is 2.05. The molecule has 0 aliphatic rings. The molecular formula is C17H19N5O2. The lowest BCUT2D eigenvalue weighted by atomic mass is 10.1. The van der Waals surface area contributed by atoms with Crippen LogP contribution >= 0.6 is 0 Å². The van der Waals surface area contributed by atoms with Crippen molar-refractivity contribution in [2.75, 3.05) is 19.8 Å². The van der Waals surface area contributed by atoms with Crippen LogP contribution in [0.4, 0.5) is 0 Å². The average Bonchev–Trinajstić information content (AvgIpc) is 3.08. The van der Waals surface area contributed by atoms with Crippen molar-refractivity contribution in [1.82, 2.24) is 20.7 Å². The topological polar surface area (TPSA) is 104 Å². The van der Waals surface area contributed by atoms with Gasteiger partial charge in [-0.05, 0) is 19.4 Å². The summed E-state index contributed by atoms with van der Waals surface area (Å²) < 4.78 is 5.20. The number of hydrogen-bond acceptors (Lipinski definition) is 5. The van der Waals surface area contributed by atoms with Gasteiger partial charge in [-0.1, -0.05) is 30.3 Å². The van der Waals surface area contributed by atoms with Gasteiger partial charge in [-0.25, -0.2) is 0 Å². The van der Waals surface area contributed by atoms with Gasteiger partial charge in [0.25, 0.3) is 5.91 Å². The van der Waals surface area contributed by atoms with E-state index in [-0.39, 0.29) is 5.57 Å². The Morgan fingerprint density at radius 3 is 2.88 bits per heavy atom. The zero-order valence-electron chi connectivity index (χ0n) is 13.5. The SMILES string of the molecule is CCOCCCNC(=O)/C(C#N)=C\c1n[nH]nc1-c1ccccc1. The minimum atomic E-state index is -0.434. The normalized spacial score (nSPS) is 11.1. The molecule has 0 spiro atoms. The van der Waals surface area contributed by atoms with Crippen LogP contribution in [0.3, 0.4) is 0 Å². The van der Waals surface area contributed by atoms with Gasteiger partial charge in [0.2, 0.25) is 0 Å². The van der Waals surface area contributed by atoms with Crippen molar-refractivity contribution in [3.63, 3.8) is 0 Å². The van der Waals surface area contributed by atoms with Gasteiger partial charge in [0, 0.05) is 25.3 Å². The molecule has 124 valence electrons. The summed E-state index contributed by atoms with van der Waals surface area (Å²) in [7, 11) is 0. The van der Waals surface area contributed by atoms with E-state index in [1.807, 2.05) is 43.3 Å². The molecule has 0 aliphatic carbocycles. The highest BCUT2D eigenvalue weighted by Crippen LogP contribution is 2.20. The molecule has 1 amide bonds. The first kappa shape index (κ1) is 17.4. The molecule has 24 heavy (non-hydrogen) atoms. The Balaban J connectivity index is 2.07. The van der Waals surface area contributed by atoms with Crippen molar-refractivity contribution in [2.45, 2.75) is 13.3 Å². The first-order valence-corrected chi connectivity index (χ1v) is 7.70. The summed E-state index contributed by atoms with van der Waals surface area (Å²) in [5.74, 6) is -0.434. The van der Waals surface area contributed by atoms with Gasteiger partial charge in [0.15, 0.2) is 0 Å². The maximum absolute atomic E-state index is 12.1. The monoisotopic (exact) mass is 325 g/mol. The van der Waals surface area contributed by atoms with E-state index in [1.165, 1.54) is 6.08 Å². The maximum Gasteiger partial charge on any atom is 0.262 e. The number of nitrogens with one attached hydrogen (secondary N) is 2. The largest absolute Gasteiger partial charge is 0.382 e. The number of H-pyrrole nitrogens is 1. The smallest absolute Gasteiger partial charge is 0.262 e. The molecule has 0 saturated heterocycles. The second kappa shape index (κ2) is 9.22. The first-order chi connectivity index (χ1) is 11.8. The lowest BCUT2D eigenvalue weighted by Gasteiger charge is -2.04. The molecule has 7 heteroatoms. The van der Waals surface area contributed by atoms with Crippen molar-refractivity contribution in [3.8, 4) is 17.3 Å². The molecule has 1 aromatic heterocycles. The molecule has 7 nitrogen and oxygen atoms in total. The number of hydrogen-bond donors (Lipinski definition) is 2. The molecule has 0 bridgehead atoms. The highest BCUT2D eigenvalue weighted by Gasteiger charge is 2.13. The average molecular weight is 325 g/mol. The van der Waals surface area contributed by atoms with Crippen molar-refractivity contribution >= 4 is 12.0 Å². The molecule has 1 heterocycles. The van der Waals surface area contributed by atoms with Crippen LogP contribution in [-0.4, -0.2) is 41.1 Å². The van der Waals surface area contributed by atoms with Crippen molar-refractivity contribution in [1.29, 1.82) is 5.26 Å². The Bertz CT molecular complexity index is 731. The van der Waals surface area contributed by atoms with Gasteiger partial charge in [0.05, 0.1) is 0 Å². The molecule has 0 radical (unpaired) electrons.